The molecule has 0 radical (unpaired) electrons. The van der Waals surface area contributed by atoms with E-state index in [0.29, 0.717) is 37.4 Å². The normalized spacial score (nSPS) is 16.4. The fraction of sp³-hybridized carbons (Fsp3) is 0.538. The minimum Gasteiger partial charge on any atom is -0.481 e. The molecule has 0 aromatic carbocycles. The first-order valence-corrected chi connectivity index (χ1v) is 6.31. The highest BCUT2D eigenvalue weighted by atomic mass is 16.4. The van der Waals surface area contributed by atoms with E-state index in [9.17, 15) is 9.59 Å². The highest BCUT2D eigenvalue weighted by molar-refractivity contribution is 5.92. The number of carboxylic acids is 1. The molecule has 2 heterocycles. The summed E-state index contributed by atoms with van der Waals surface area (Å²) < 4.78 is 0. The number of rotatable bonds is 2. The van der Waals surface area contributed by atoms with Crippen molar-refractivity contribution in [2.45, 2.75) is 26.7 Å². The van der Waals surface area contributed by atoms with Gasteiger partial charge in [-0.1, -0.05) is 0 Å². The van der Waals surface area contributed by atoms with Crippen molar-refractivity contribution in [2.75, 3.05) is 13.1 Å². The van der Waals surface area contributed by atoms with Crippen LogP contribution in [0.15, 0.2) is 6.07 Å². The molecular formula is C13H17N3O3. The molecule has 6 heteroatoms. The zero-order valence-corrected chi connectivity index (χ0v) is 11.1. The molecule has 0 aliphatic carbocycles. The van der Waals surface area contributed by atoms with E-state index in [2.05, 4.69) is 9.97 Å². The van der Waals surface area contributed by atoms with Crippen molar-refractivity contribution in [3.05, 3.63) is 23.3 Å². The lowest BCUT2D eigenvalue weighted by Crippen LogP contribution is -2.40. The molecule has 1 amide bonds. The summed E-state index contributed by atoms with van der Waals surface area (Å²) in [5, 5.41) is 8.93. The standard InChI is InChI=1S/C13H17N3O3/c1-8-7-11(15-9(2)14-8)12(17)16-5-3-10(4-6-16)13(18)19/h7,10H,3-6H2,1-2H3,(H,18,19). The van der Waals surface area contributed by atoms with Gasteiger partial charge in [0.25, 0.3) is 5.91 Å². The lowest BCUT2D eigenvalue weighted by atomic mass is 9.97. The minimum atomic E-state index is -0.777. The first-order chi connectivity index (χ1) is 8.97. The summed E-state index contributed by atoms with van der Waals surface area (Å²) in [6.45, 7) is 4.51. The van der Waals surface area contributed by atoms with Gasteiger partial charge < -0.3 is 10.0 Å². The molecule has 0 saturated carbocycles. The molecule has 102 valence electrons. The summed E-state index contributed by atoms with van der Waals surface area (Å²) >= 11 is 0. The smallest absolute Gasteiger partial charge is 0.306 e. The number of piperidine rings is 1. The first-order valence-electron chi connectivity index (χ1n) is 6.31. The van der Waals surface area contributed by atoms with Gasteiger partial charge in [-0.2, -0.15) is 0 Å². The van der Waals surface area contributed by atoms with Crippen molar-refractivity contribution in [1.29, 1.82) is 0 Å². The highest BCUT2D eigenvalue weighted by Gasteiger charge is 2.28. The van der Waals surface area contributed by atoms with Gasteiger partial charge >= 0.3 is 5.97 Å². The lowest BCUT2D eigenvalue weighted by molar-refractivity contribution is -0.143. The van der Waals surface area contributed by atoms with E-state index in [1.165, 1.54) is 0 Å². The molecule has 1 aromatic heterocycles. The van der Waals surface area contributed by atoms with Gasteiger partial charge in [0, 0.05) is 18.8 Å². The Bertz CT molecular complexity index is 488. The number of hydrogen-bond acceptors (Lipinski definition) is 4. The number of hydrogen-bond donors (Lipinski definition) is 1. The van der Waals surface area contributed by atoms with Gasteiger partial charge in [0.05, 0.1) is 5.92 Å². The predicted molar refractivity (Wildman–Crippen MR) is 67.8 cm³/mol. The van der Waals surface area contributed by atoms with Gasteiger partial charge in [0.2, 0.25) is 0 Å². The Morgan fingerprint density at radius 1 is 1.26 bits per heavy atom. The Balaban J connectivity index is 2.07. The van der Waals surface area contributed by atoms with Crippen LogP contribution in [0.5, 0.6) is 0 Å². The van der Waals surface area contributed by atoms with E-state index in [-0.39, 0.29) is 11.8 Å². The van der Waals surface area contributed by atoms with Gasteiger partial charge in [0.15, 0.2) is 0 Å². The number of carbonyl (C=O) groups excluding carboxylic acids is 1. The molecule has 1 aliphatic rings. The van der Waals surface area contributed by atoms with Crippen molar-refractivity contribution in [2.24, 2.45) is 5.92 Å². The van der Waals surface area contributed by atoms with Crippen molar-refractivity contribution in [1.82, 2.24) is 14.9 Å². The van der Waals surface area contributed by atoms with Gasteiger partial charge in [-0.25, -0.2) is 9.97 Å². The SMILES string of the molecule is Cc1cc(C(=O)N2CCC(C(=O)O)CC2)nc(C)n1. The fourth-order valence-electron chi connectivity index (χ4n) is 2.32. The van der Waals surface area contributed by atoms with Crippen LogP contribution < -0.4 is 0 Å². The van der Waals surface area contributed by atoms with E-state index >= 15 is 0 Å². The highest BCUT2D eigenvalue weighted by Crippen LogP contribution is 2.18. The molecule has 1 aromatic rings. The van der Waals surface area contributed by atoms with Crippen molar-refractivity contribution in [3.63, 3.8) is 0 Å². The number of carbonyl (C=O) groups is 2. The van der Waals surface area contributed by atoms with Crippen molar-refractivity contribution >= 4 is 11.9 Å². The third kappa shape index (κ3) is 3.07. The Kier molecular flexibility index (Phi) is 3.78. The van der Waals surface area contributed by atoms with Crippen molar-refractivity contribution in [3.8, 4) is 0 Å². The van der Waals surface area contributed by atoms with E-state index in [1.54, 1.807) is 17.9 Å². The third-order valence-electron chi connectivity index (χ3n) is 3.32. The second-order valence-electron chi connectivity index (χ2n) is 4.85. The van der Waals surface area contributed by atoms with E-state index in [0.717, 1.165) is 5.69 Å². The van der Waals surface area contributed by atoms with Crippen LogP contribution in [0.3, 0.4) is 0 Å². The molecular weight excluding hydrogens is 246 g/mol. The molecule has 1 fully saturated rings. The number of aryl methyl sites for hydroxylation is 2. The molecule has 0 atom stereocenters. The molecule has 0 unspecified atom stereocenters. The Labute approximate surface area is 111 Å². The summed E-state index contributed by atoms with van der Waals surface area (Å²) in [7, 11) is 0. The van der Waals surface area contributed by atoms with Crippen LogP contribution >= 0.6 is 0 Å². The number of aromatic nitrogens is 2. The van der Waals surface area contributed by atoms with Crippen LogP contribution in [0.25, 0.3) is 0 Å². The number of aliphatic carboxylic acids is 1. The molecule has 1 N–H and O–H groups in total. The van der Waals surface area contributed by atoms with E-state index in [1.807, 2.05) is 6.92 Å². The summed E-state index contributed by atoms with van der Waals surface area (Å²) in [6.07, 6.45) is 1.01. The van der Waals surface area contributed by atoms with Crippen molar-refractivity contribution < 1.29 is 14.7 Å². The topological polar surface area (TPSA) is 83.4 Å². The van der Waals surface area contributed by atoms with Gasteiger partial charge in [-0.15, -0.1) is 0 Å². The number of nitrogens with zero attached hydrogens (tertiary/aromatic N) is 3. The maximum Gasteiger partial charge on any atom is 0.306 e. The lowest BCUT2D eigenvalue weighted by Gasteiger charge is -2.29. The maximum absolute atomic E-state index is 12.3. The number of carboxylic acid groups (broad SMARTS) is 1. The fourth-order valence-corrected chi connectivity index (χ4v) is 2.32. The average Bonchev–Trinajstić information content (AvgIpc) is 2.37. The molecule has 1 saturated heterocycles. The van der Waals surface area contributed by atoms with E-state index in [4.69, 9.17) is 5.11 Å². The molecule has 0 bridgehead atoms. The van der Waals surface area contributed by atoms with Crippen LogP contribution in [0.4, 0.5) is 0 Å². The molecule has 6 nitrogen and oxygen atoms in total. The van der Waals surface area contributed by atoms with Crippen LogP contribution in [0, 0.1) is 19.8 Å². The average molecular weight is 263 g/mol. The van der Waals surface area contributed by atoms with Gasteiger partial charge in [-0.05, 0) is 32.8 Å². The maximum atomic E-state index is 12.3. The van der Waals surface area contributed by atoms with E-state index < -0.39 is 5.97 Å². The first kappa shape index (κ1) is 13.5. The minimum absolute atomic E-state index is 0.141. The molecule has 1 aliphatic heterocycles. The Morgan fingerprint density at radius 3 is 2.42 bits per heavy atom. The zero-order chi connectivity index (χ0) is 14.0. The summed E-state index contributed by atoms with van der Waals surface area (Å²) in [4.78, 5) is 33.1. The van der Waals surface area contributed by atoms with Gasteiger partial charge in [0.1, 0.15) is 11.5 Å². The van der Waals surface area contributed by atoms with Crippen LogP contribution in [0.1, 0.15) is 34.8 Å². The van der Waals surface area contributed by atoms with Crippen LogP contribution in [0.2, 0.25) is 0 Å². The molecule has 19 heavy (non-hydrogen) atoms. The van der Waals surface area contributed by atoms with Gasteiger partial charge in [-0.3, -0.25) is 9.59 Å². The third-order valence-corrected chi connectivity index (χ3v) is 3.32. The Hall–Kier alpha value is -1.98. The molecule has 2 rings (SSSR count). The number of likely N-dealkylation sites (tertiary alicyclic amines) is 1. The van der Waals surface area contributed by atoms with Crippen LogP contribution in [-0.4, -0.2) is 44.9 Å². The summed E-state index contributed by atoms with van der Waals surface area (Å²) in [6, 6.07) is 1.67. The predicted octanol–water partition coefficient (Wildman–Crippen LogP) is 1.03. The summed E-state index contributed by atoms with van der Waals surface area (Å²) in [5.74, 6) is -0.681. The molecule has 0 spiro atoms. The monoisotopic (exact) mass is 263 g/mol. The zero-order valence-electron chi connectivity index (χ0n) is 11.1. The number of amides is 1. The summed E-state index contributed by atoms with van der Waals surface area (Å²) in [5.41, 5.74) is 1.15. The Morgan fingerprint density at radius 2 is 1.89 bits per heavy atom. The largest absolute Gasteiger partial charge is 0.481 e. The second-order valence-corrected chi connectivity index (χ2v) is 4.85. The second kappa shape index (κ2) is 5.34. The quantitative estimate of drug-likeness (QED) is 0.861. The van der Waals surface area contributed by atoms with Crippen LogP contribution in [-0.2, 0) is 4.79 Å².